The van der Waals surface area contributed by atoms with Gasteiger partial charge in [0.25, 0.3) is 5.56 Å². The van der Waals surface area contributed by atoms with Gasteiger partial charge in [0.1, 0.15) is 17.1 Å². The standard InChI is InChI=1S/C11H8FNO4/c1-17-8-3-2-7(12)9-5(8)4-6(11(15)16)10(14)13-9/h2-4H,1H3,(H,13,14)(H,15,16). The number of aromatic carboxylic acids is 1. The van der Waals surface area contributed by atoms with Gasteiger partial charge in [-0.25, -0.2) is 9.18 Å². The molecule has 0 saturated carbocycles. The Morgan fingerprint density at radius 2 is 2.18 bits per heavy atom. The average molecular weight is 237 g/mol. The fourth-order valence-electron chi connectivity index (χ4n) is 1.57. The predicted molar refractivity (Wildman–Crippen MR) is 58.0 cm³/mol. The van der Waals surface area contributed by atoms with Crippen molar-refractivity contribution >= 4 is 16.9 Å². The summed E-state index contributed by atoms with van der Waals surface area (Å²) in [6.45, 7) is 0. The van der Waals surface area contributed by atoms with E-state index in [0.717, 1.165) is 12.1 Å². The van der Waals surface area contributed by atoms with Crippen molar-refractivity contribution in [2.24, 2.45) is 0 Å². The van der Waals surface area contributed by atoms with Gasteiger partial charge in [-0.2, -0.15) is 0 Å². The second kappa shape index (κ2) is 3.89. The van der Waals surface area contributed by atoms with Crippen LogP contribution in [0.2, 0.25) is 0 Å². The summed E-state index contributed by atoms with van der Waals surface area (Å²) in [5.41, 5.74) is -1.38. The number of fused-ring (bicyclic) bond motifs is 1. The van der Waals surface area contributed by atoms with Crippen LogP contribution in [0.5, 0.6) is 5.75 Å². The number of rotatable bonds is 2. The third-order valence-electron chi connectivity index (χ3n) is 2.38. The van der Waals surface area contributed by atoms with Gasteiger partial charge in [-0.3, -0.25) is 4.79 Å². The van der Waals surface area contributed by atoms with Crippen molar-refractivity contribution in [3.63, 3.8) is 0 Å². The molecule has 5 nitrogen and oxygen atoms in total. The van der Waals surface area contributed by atoms with Crippen molar-refractivity contribution in [3.8, 4) is 5.75 Å². The lowest BCUT2D eigenvalue weighted by molar-refractivity contribution is 0.0695. The Hall–Kier alpha value is -2.37. The Labute approximate surface area is 94.5 Å². The van der Waals surface area contributed by atoms with Crippen LogP contribution in [0.4, 0.5) is 4.39 Å². The number of aromatic nitrogens is 1. The lowest BCUT2D eigenvalue weighted by Crippen LogP contribution is -2.17. The minimum atomic E-state index is -1.38. The maximum absolute atomic E-state index is 13.4. The van der Waals surface area contributed by atoms with E-state index in [4.69, 9.17) is 9.84 Å². The first-order valence-electron chi connectivity index (χ1n) is 4.67. The SMILES string of the molecule is COc1ccc(F)c2[nH]c(=O)c(C(=O)O)cc12. The number of methoxy groups -OCH3 is 1. The number of nitrogens with one attached hydrogen (secondary N) is 1. The third kappa shape index (κ3) is 1.73. The molecule has 88 valence electrons. The number of halogens is 1. The molecule has 1 heterocycles. The smallest absolute Gasteiger partial charge is 0.341 e. The molecule has 2 rings (SSSR count). The van der Waals surface area contributed by atoms with Crippen molar-refractivity contribution < 1.29 is 19.0 Å². The van der Waals surface area contributed by atoms with E-state index in [1.165, 1.54) is 13.2 Å². The molecule has 0 bridgehead atoms. The number of hydrogen-bond acceptors (Lipinski definition) is 3. The quantitative estimate of drug-likeness (QED) is 0.826. The van der Waals surface area contributed by atoms with Gasteiger partial charge in [0.2, 0.25) is 0 Å². The van der Waals surface area contributed by atoms with E-state index in [1.807, 2.05) is 0 Å². The summed E-state index contributed by atoms with van der Waals surface area (Å²) >= 11 is 0. The molecule has 0 spiro atoms. The van der Waals surface area contributed by atoms with E-state index >= 15 is 0 Å². The van der Waals surface area contributed by atoms with Crippen molar-refractivity contribution in [2.45, 2.75) is 0 Å². The molecule has 0 atom stereocenters. The van der Waals surface area contributed by atoms with Gasteiger partial charge in [-0.05, 0) is 18.2 Å². The Morgan fingerprint density at radius 3 is 2.76 bits per heavy atom. The summed E-state index contributed by atoms with van der Waals surface area (Å²) in [7, 11) is 1.37. The molecular weight excluding hydrogens is 229 g/mol. The van der Waals surface area contributed by atoms with Crippen LogP contribution < -0.4 is 10.3 Å². The molecular formula is C11H8FNO4. The first-order valence-corrected chi connectivity index (χ1v) is 4.67. The maximum Gasteiger partial charge on any atom is 0.341 e. The zero-order valence-electron chi connectivity index (χ0n) is 8.78. The molecule has 0 aliphatic rings. The molecule has 1 aromatic carbocycles. The van der Waals surface area contributed by atoms with Gasteiger partial charge < -0.3 is 14.8 Å². The number of benzene rings is 1. The summed E-state index contributed by atoms with van der Waals surface area (Å²) < 4.78 is 18.4. The van der Waals surface area contributed by atoms with Crippen LogP contribution >= 0.6 is 0 Å². The third-order valence-corrected chi connectivity index (χ3v) is 2.38. The first kappa shape index (κ1) is 11.1. The number of carbonyl (C=O) groups is 1. The molecule has 0 saturated heterocycles. The summed E-state index contributed by atoms with van der Waals surface area (Å²) in [5.74, 6) is -1.73. The van der Waals surface area contributed by atoms with Gasteiger partial charge in [0.15, 0.2) is 0 Å². The average Bonchev–Trinajstić information content (AvgIpc) is 2.29. The van der Waals surface area contributed by atoms with E-state index in [1.54, 1.807) is 0 Å². The van der Waals surface area contributed by atoms with E-state index in [2.05, 4.69) is 4.98 Å². The van der Waals surface area contributed by atoms with Gasteiger partial charge in [-0.15, -0.1) is 0 Å². The normalized spacial score (nSPS) is 10.5. The zero-order valence-corrected chi connectivity index (χ0v) is 8.78. The Balaban J connectivity index is 2.92. The highest BCUT2D eigenvalue weighted by Gasteiger charge is 2.14. The fraction of sp³-hybridized carbons (Fsp3) is 0.0909. The number of aromatic amines is 1. The number of ether oxygens (including phenoxy) is 1. The molecule has 0 unspecified atom stereocenters. The Bertz CT molecular complexity index is 662. The van der Waals surface area contributed by atoms with Crippen LogP contribution in [0.15, 0.2) is 23.0 Å². The molecule has 0 aliphatic carbocycles. The van der Waals surface area contributed by atoms with E-state index in [9.17, 15) is 14.0 Å². The number of carboxylic acid groups (broad SMARTS) is 1. The van der Waals surface area contributed by atoms with Gasteiger partial charge in [-0.1, -0.05) is 0 Å². The summed E-state index contributed by atoms with van der Waals surface area (Å²) in [6.07, 6.45) is 0. The van der Waals surface area contributed by atoms with Crippen LogP contribution in [0.1, 0.15) is 10.4 Å². The minimum Gasteiger partial charge on any atom is -0.496 e. The lowest BCUT2D eigenvalue weighted by atomic mass is 10.1. The molecule has 0 fully saturated rings. The highest BCUT2D eigenvalue weighted by molar-refractivity contribution is 5.94. The molecule has 2 N–H and O–H groups in total. The zero-order chi connectivity index (χ0) is 12.6. The van der Waals surface area contributed by atoms with E-state index in [-0.39, 0.29) is 10.9 Å². The summed E-state index contributed by atoms with van der Waals surface area (Å²) in [5, 5.41) is 9.02. The molecule has 17 heavy (non-hydrogen) atoms. The fourth-order valence-corrected chi connectivity index (χ4v) is 1.57. The van der Waals surface area contributed by atoms with Gasteiger partial charge >= 0.3 is 5.97 Å². The predicted octanol–water partition coefficient (Wildman–Crippen LogP) is 1.37. The van der Waals surface area contributed by atoms with Crippen LogP contribution in [-0.2, 0) is 0 Å². The van der Waals surface area contributed by atoms with Gasteiger partial charge in [0.05, 0.1) is 12.6 Å². The highest BCUT2D eigenvalue weighted by Crippen LogP contribution is 2.25. The Morgan fingerprint density at radius 1 is 1.47 bits per heavy atom. The van der Waals surface area contributed by atoms with Crippen LogP contribution in [-0.4, -0.2) is 23.2 Å². The van der Waals surface area contributed by atoms with E-state index < -0.39 is 22.9 Å². The lowest BCUT2D eigenvalue weighted by Gasteiger charge is -2.06. The van der Waals surface area contributed by atoms with Crippen molar-refractivity contribution in [1.29, 1.82) is 0 Å². The second-order valence-corrected chi connectivity index (χ2v) is 3.36. The van der Waals surface area contributed by atoms with Crippen molar-refractivity contribution in [1.82, 2.24) is 4.98 Å². The molecule has 2 aromatic rings. The maximum atomic E-state index is 13.4. The van der Waals surface area contributed by atoms with Crippen LogP contribution in [0.25, 0.3) is 10.9 Å². The second-order valence-electron chi connectivity index (χ2n) is 3.36. The number of hydrogen-bond donors (Lipinski definition) is 2. The molecule has 0 amide bonds. The van der Waals surface area contributed by atoms with Crippen LogP contribution in [0, 0.1) is 5.82 Å². The molecule has 6 heteroatoms. The monoisotopic (exact) mass is 237 g/mol. The summed E-state index contributed by atoms with van der Waals surface area (Å²) in [4.78, 5) is 24.4. The van der Waals surface area contributed by atoms with Gasteiger partial charge in [0, 0.05) is 5.39 Å². The van der Waals surface area contributed by atoms with Crippen LogP contribution in [0.3, 0.4) is 0 Å². The van der Waals surface area contributed by atoms with E-state index in [0.29, 0.717) is 5.75 Å². The largest absolute Gasteiger partial charge is 0.496 e. The van der Waals surface area contributed by atoms with Crippen molar-refractivity contribution in [2.75, 3.05) is 7.11 Å². The summed E-state index contributed by atoms with van der Waals surface area (Å²) in [6, 6.07) is 3.59. The topological polar surface area (TPSA) is 79.4 Å². The minimum absolute atomic E-state index is 0.0700. The molecule has 0 aliphatic heterocycles. The number of H-pyrrole nitrogens is 1. The molecule has 1 aromatic heterocycles. The number of carboxylic acids is 1. The highest BCUT2D eigenvalue weighted by atomic mass is 19.1. The number of pyridine rings is 1. The molecule has 0 radical (unpaired) electrons. The van der Waals surface area contributed by atoms with Crippen molar-refractivity contribution in [3.05, 3.63) is 39.9 Å². The Kier molecular flexibility index (Phi) is 2.55. The first-order chi connectivity index (χ1) is 8.04.